The van der Waals surface area contributed by atoms with Crippen LogP contribution in [0.25, 0.3) is 0 Å². The van der Waals surface area contributed by atoms with Crippen molar-refractivity contribution in [3.8, 4) is 11.5 Å². The molecule has 0 radical (unpaired) electrons. The number of rotatable bonds is 6. The minimum absolute atomic E-state index is 0.344. The molecule has 0 amide bonds. The highest BCUT2D eigenvalue weighted by Crippen LogP contribution is 2.31. The van der Waals surface area contributed by atoms with E-state index in [4.69, 9.17) is 15.2 Å². The van der Waals surface area contributed by atoms with Gasteiger partial charge in [-0.3, -0.25) is 0 Å². The van der Waals surface area contributed by atoms with Crippen molar-refractivity contribution in [3.63, 3.8) is 0 Å². The zero-order valence-corrected chi connectivity index (χ0v) is 12.9. The zero-order chi connectivity index (χ0) is 15.2. The summed E-state index contributed by atoms with van der Waals surface area (Å²) in [6.45, 7) is 2.95. The molecule has 1 heterocycles. The van der Waals surface area contributed by atoms with E-state index in [0.717, 1.165) is 38.0 Å². The van der Waals surface area contributed by atoms with Gasteiger partial charge in [0.25, 0.3) is 0 Å². The van der Waals surface area contributed by atoms with Gasteiger partial charge in [0.2, 0.25) is 0 Å². The summed E-state index contributed by atoms with van der Waals surface area (Å²) in [6, 6.07) is 5.91. The van der Waals surface area contributed by atoms with Crippen LogP contribution in [0.4, 0.5) is 0 Å². The number of ether oxygens (including phenoxy) is 2. The van der Waals surface area contributed by atoms with Crippen molar-refractivity contribution < 1.29 is 14.6 Å². The lowest BCUT2D eigenvalue weighted by molar-refractivity contribution is 0.130. The minimum atomic E-state index is -0.486. The maximum absolute atomic E-state index is 10.3. The van der Waals surface area contributed by atoms with E-state index in [1.54, 1.807) is 14.2 Å². The third-order valence-electron chi connectivity index (χ3n) is 4.14. The number of hydrogen-bond donors (Lipinski definition) is 2. The number of benzene rings is 1. The fourth-order valence-electron chi connectivity index (χ4n) is 2.71. The molecule has 2 rings (SSSR count). The molecule has 0 spiro atoms. The molecule has 0 aromatic heterocycles. The summed E-state index contributed by atoms with van der Waals surface area (Å²) in [6.07, 6.45) is 2.32. The molecular weight excluding hydrogens is 268 g/mol. The van der Waals surface area contributed by atoms with Crippen LogP contribution < -0.4 is 15.2 Å². The third-order valence-corrected chi connectivity index (χ3v) is 4.14. The molecule has 21 heavy (non-hydrogen) atoms. The summed E-state index contributed by atoms with van der Waals surface area (Å²) < 4.78 is 10.5. The highest BCUT2D eigenvalue weighted by atomic mass is 16.5. The molecule has 0 bridgehead atoms. The van der Waals surface area contributed by atoms with E-state index in [-0.39, 0.29) is 0 Å². The summed E-state index contributed by atoms with van der Waals surface area (Å²) in [7, 11) is 3.21. The summed E-state index contributed by atoms with van der Waals surface area (Å²) in [5.41, 5.74) is 6.76. The van der Waals surface area contributed by atoms with E-state index >= 15 is 0 Å². The largest absolute Gasteiger partial charge is 0.493 e. The van der Waals surface area contributed by atoms with Crippen molar-refractivity contribution in [3.05, 3.63) is 23.8 Å². The van der Waals surface area contributed by atoms with Crippen molar-refractivity contribution in [2.24, 2.45) is 5.73 Å². The number of piperidine rings is 1. The topological polar surface area (TPSA) is 68.0 Å². The first-order chi connectivity index (χ1) is 10.1. The molecule has 0 saturated carbocycles. The molecule has 3 N–H and O–H groups in total. The summed E-state index contributed by atoms with van der Waals surface area (Å²) in [4.78, 5) is 2.37. The molecule has 1 aromatic rings. The predicted molar refractivity (Wildman–Crippen MR) is 82.8 cm³/mol. The fraction of sp³-hybridized carbons (Fsp3) is 0.625. The van der Waals surface area contributed by atoms with Crippen molar-refractivity contribution >= 4 is 0 Å². The summed E-state index contributed by atoms with van der Waals surface area (Å²) in [5, 5.41) is 10.3. The number of nitrogens with two attached hydrogens (primary N) is 1. The van der Waals surface area contributed by atoms with Crippen molar-refractivity contribution in [1.29, 1.82) is 0 Å². The van der Waals surface area contributed by atoms with Crippen molar-refractivity contribution in [2.75, 3.05) is 33.9 Å². The Morgan fingerprint density at radius 2 is 1.90 bits per heavy atom. The number of nitrogens with zero attached hydrogens (tertiary/aromatic N) is 1. The van der Waals surface area contributed by atoms with E-state index in [2.05, 4.69) is 4.90 Å². The average molecular weight is 294 g/mol. The first kappa shape index (κ1) is 16.1. The smallest absolute Gasteiger partial charge is 0.161 e. The van der Waals surface area contributed by atoms with Crippen LogP contribution in [0.15, 0.2) is 18.2 Å². The Balaban J connectivity index is 1.89. The third kappa shape index (κ3) is 4.33. The molecule has 118 valence electrons. The first-order valence-corrected chi connectivity index (χ1v) is 7.52. The highest BCUT2D eigenvalue weighted by molar-refractivity contribution is 5.43. The molecule has 1 aromatic carbocycles. The predicted octanol–water partition coefficient (Wildman–Crippen LogP) is 1.55. The first-order valence-electron chi connectivity index (χ1n) is 7.52. The number of hydrogen-bond acceptors (Lipinski definition) is 5. The van der Waals surface area contributed by atoms with Crippen LogP contribution >= 0.6 is 0 Å². The van der Waals surface area contributed by atoms with Gasteiger partial charge >= 0.3 is 0 Å². The molecule has 1 saturated heterocycles. The Morgan fingerprint density at radius 1 is 1.24 bits per heavy atom. The van der Waals surface area contributed by atoms with E-state index in [9.17, 15) is 5.11 Å². The van der Waals surface area contributed by atoms with Crippen LogP contribution in [0.1, 0.15) is 30.9 Å². The number of aliphatic hydroxyl groups is 1. The summed E-state index contributed by atoms with van der Waals surface area (Å²) >= 11 is 0. The van der Waals surface area contributed by atoms with Crippen LogP contribution in [0.3, 0.4) is 0 Å². The Bertz CT molecular complexity index is 445. The fourth-order valence-corrected chi connectivity index (χ4v) is 2.71. The van der Waals surface area contributed by atoms with Gasteiger partial charge in [-0.25, -0.2) is 0 Å². The lowest BCUT2D eigenvalue weighted by Gasteiger charge is -2.30. The van der Waals surface area contributed by atoms with Crippen LogP contribution in [-0.4, -0.2) is 49.9 Å². The molecule has 1 aliphatic rings. The number of aliphatic hydroxyl groups excluding tert-OH is 1. The molecule has 5 heteroatoms. The van der Waals surface area contributed by atoms with Gasteiger partial charge in [-0.15, -0.1) is 0 Å². The maximum atomic E-state index is 10.3. The lowest BCUT2D eigenvalue weighted by atomic mass is 10.0. The Hall–Kier alpha value is -1.30. The van der Waals surface area contributed by atoms with Gasteiger partial charge < -0.3 is 25.2 Å². The molecule has 1 unspecified atom stereocenters. The van der Waals surface area contributed by atoms with E-state index in [1.165, 1.54) is 0 Å². The minimum Gasteiger partial charge on any atom is -0.493 e. The van der Waals surface area contributed by atoms with Gasteiger partial charge in [0.05, 0.1) is 20.3 Å². The van der Waals surface area contributed by atoms with Gasteiger partial charge in [-0.2, -0.15) is 0 Å². The van der Waals surface area contributed by atoms with Crippen LogP contribution in [0.5, 0.6) is 11.5 Å². The van der Waals surface area contributed by atoms with E-state index < -0.39 is 6.10 Å². The Morgan fingerprint density at radius 3 is 2.52 bits per heavy atom. The normalized spacial score (nSPS) is 18.5. The Kier molecular flexibility index (Phi) is 5.85. The second kappa shape index (κ2) is 7.64. The zero-order valence-electron chi connectivity index (χ0n) is 12.9. The Labute approximate surface area is 126 Å². The van der Waals surface area contributed by atoms with Crippen LogP contribution in [0, 0.1) is 0 Å². The molecular formula is C16H26N2O3. The SMILES string of the molecule is COc1ccc(C(O)CCN2CCC(N)CC2)cc1OC. The quantitative estimate of drug-likeness (QED) is 0.833. The van der Waals surface area contributed by atoms with Gasteiger partial charge in [-0.1, -0.05) is 6.07 Å². The molecule has 1 fully saturated rings. The molecule has 1 aliphatic heterocycles. The summed E-state index contributed by atoms with van der Waals surface area (Å²) in [5.74, 6) is 1.33. The van der Waals surface area contributed by atoms with Gasteiger partial charge in [0, 0.05) is 12.6 Å². The van der Waals surface area contributed by atoms with Gasteiger partial charge in [0.1, 0.15) is 0 Å². The lowest BCUT2D eigenvalue weighted by Crippen LogP contribution is -2.40. The standard InChI is InChI=1S/C16H26N2O3/c1-20-15-4-3-12(11-16(15)21-2)14(19)7-10-18-8-5-13(17)6-9-18/h3-4,11,13-14,19H,5-10,17H2,1-2H3. The molecule has 0 aliphatic carbocycles. The van der Waals surface area contributed by atoms with Crippen molar-refractivity contribution in [2.45, 2.75) is 31.4 Å². The molecule has 1 atom stereocenters. The van der Waals surface area contributed by atoms with Crippen LogP contribution in [0.2, 0.25) is 0 Å². The van der Waals surface area contributed by atoms with Gasteiger partial charge in [-0.05, 0) is 50.0 Å². The van der Waals surface area contributed by atoms with Crippen molar-refractivity contribution in [1.82, 2.24) is 4.90 Å². The van der Waals surface area contributed by atoms with E-state index in [0.29, 0.717) is 24.0 Å². The molecule has 5 nitrogen and oxygen atoms in total. The number of likely N-dealkylation sites (tertiary alicyclic amines) is 1. The van der Waals surface area contributed by atoms with Crippen LogP contribution in [-0.2, 0) is 0 Å². The second-order valence-electron chi connectivity index (χ2n) is 5.60. The van der Waals surface area contributed by atoms with E-state index in [1.807, 2.05) is 18.2 Å². The van der Waals surface area contributed by atoms with Gasteiger partial charge in [0.15, 0.2) is 11.5 Å². The monoisotopic (exact) mass is 294 g/mol. The number of methoxy groups -OCH3 is 2. The maximum Gasteiger partial charge on any atom is 0.161 e. The average Bonchev–Trinajstić information content (AvgIpc) is 2.53. The second-order valence-corrected chi connectivity index (χ2v) is 5.60. The highest BCUT2D eigenvalue weighted by Gasteiger charge is 2.18.